The molecule has 1 fully saturated rings. The molecule has 0 heterocycles. The summed E-state index contributed by atoms with van der Waals surface area (Å²) in [6.45, 7) is 0.217. The second-order valence-electron chi connectivity index (χ2n) is 6.61. The minimum atomic E-state index is -0.213. The summed E-state index contributed by atoms with van der Waals surface area (Å²) in [6, 6.07) is 13.7. The number of phenolic OH excluding ortho intramolecular Hbond substituents is 1. The minimum Gasteiger partial charge on any atom is -0.508 e. The molecule has 2 N–H and O–H groups in total. The summed E-state index contributed by atoms with van der Waals surface area (Å²) >= 11 is 0. The number of aromatic hydroxyl groups is 1. The third-order valence-electron chi connectivity index (χ3n) is 4.44. The lowest BCUT2D eigenvalue weighted by Gasteiger charge is -2.22. The summed E-state index contributed by atoms with van der Waals surface area (Å²) in [5.74, 6) is 0.795. The Morgan fingerprint density at radius 3 is 2.57 bits per heavy atom. The van der Waals surface area contributed by atoms with E-state index in [2.05, 4.69) is 5.32 Å². The molecule has 7 nitrogen and oxygen atoms in total. The first-order valence-corrected chi connectivity index (χ1v) is 9.21. The van der Waals surface area contributed by atoms with Crippen LogP contribution in [0.15, 0.2) is 48.5 Å². The van der Waals surface area contributed by atoms with Crippen LogP contribution in [-0.4, -0.2) is 48.1 Å². The molecule has 2 amide bonds. The van der Waals surface area contributed by atoms with Crippen molar-refractivity contribution in [1.29, 1.82) is 0 Å². The molecule has 7 heteroatoms. The number of nitrogens with zero attached hydrogens (tertiary/aromatic N) is 1. The molecule has 0 spiro atoms. The van der Waals surface area contributed by atoms with Gasteiger partial charge in [0.25, 0.3) is 5.91 Å². The van der Waals surface area contributed by atoms with Gasteiger partial charge in [-0.2, -0.15) is 0 Å². The van der Waals surface area contributed by atoms with Gasteiger partial charge in [-0.25, -0.2) is 0 Å². The molecule has 0 aliphatic heterocycles. The van der Waals surface area contributed by atoms with Crippen molar-refractivity contribution in [2.75, 3.05) is 25.6 Å². The SMILES string of the molecule is COc1ccccc1OCC(=O)N(CCC(=O)Nc1cccc(O)c1)C1CC1. The summed E-state index contributed by atoms with van der Waals surface area (Å²) in [4.78, 5) is 26.5. The number of para-hydroxylation sites is 2. The van der Waals surface area contributed by atoms with Gasteiger partial charge in [-0.15, -0.1) is 0 Å². The Hall–Kier alpha value is -3.22. The Bertz CT molecular complexity index is 835. The van der Waals surface area contributed by atoms with E-state index in [1.165, 1.54) is 12.1 Å². The van der Waals surface area contributed by atoms with Crippen LogP contribution in [0.25, 0.3) is 0 Å². The summed E-state index contributed by atoms with van der Waals surface area (Å²) in [7, 11) is 1.55. The van der Waals surface area contributed by atoms with Crippen LogP contribution in [0.4, 0.5) is 5.69 Å². The van der Waals surface area contributed by atoms with E-state index in [-0.39, 0.29) is 36.6 Å². The van der Waals surface area contributed by atoms with Gasteiger partial charge >= 0.3 is 0 Å². The number of hydrogen-bond donors (Lipinski definition) is 2. The molecule has 2 aromatic carbocycles. The molecular weight excluding hydrogens is 360 g/mol. The molecule has 2 aromatic rings. The number of ether oxygens (including phenoxy) is 2. The lowest BCUT2D eigenvalue weighted by Crippen LogP contribution is -2.38. The quantitative estimate of drug-likeness (QED) is 0.694. The predicted molar refractivity (Wildman–Crippen MR) is 105 cm³/mol. The Morgan fingerprint density at radius 2 is 1.89 bits per heavy atom. The number of rotatable bonds is 9. The fourth-order valence-electron chi connectivity index (χ4n) is 2.89. The van der Waals surface area contributed by atoms with Crippen molar-refractivity contribution in [2.24, 2.45) is 0 Å². The van der Waals surface area contributed by atoms with Gasteiger partial charge in [-0.05, 0) is 37.1 Å². The molecule has 1 aliphatic rings. The smallest absolute Gasteiger partial charge is 0.260 e. The average Bonchev–Trinajstić information content (AvgIpc) is 3.52. The van der Waals surface area contributed by atoms with Crippen LogP contribution in [0, 0.1) is 0 Å². The fraction of sp³-hybridized carbons (Fsp3) is 0.333. The first-order chi connectivity index (χ1) is 13.6. The molecular formula is C21H24N2O5. The van der Waals surface area contributed by atoms with Crippen molar-refractivity contribution in [3.8, 4) is 17.2 Å². The van der Waals surface area contributed by atoms with E-state index in [1.54, 1.807) is 36.3 Å². The lowest BCUT2D eigenvalue weighted by molar-refractivity contribution is -0.134. The summed E-state index contributed by atoms with van der Waals surface area (Å²) in [6.07, 6.45) is 2.05. The normalized spacial score (nSPS) is 12.9. The largest absolute Gasteiger partial charge is 0.508 e. The first-order valence-electron chi connectivity index (χ1n) is 9.21. The van der Waals surface area contributed by atoms with Gasteiger partial charge in [-0.1, -0.05) is 18.2 Å². The molecule has 0 radical (unpaired) electrons. The van der Waals surface area contributed by atoms with Crippen molar-refractivity contribution in [1.82, 2.24) is 4.90 Å². The van der Waals surface area contributed by atoms with Crippen molar-refractivity contribution in [3.63, 3.8) is 0 Å². The molecule has 1 saturated carbocycles. The van der Waals surface area contributed by atoms with Crippen molar-refractivity contribution in [2.45, 2.75) is 25.3 Å². The van der Waals surface area contributed by atoms with Gasteiger partial charge in [0, 0.05) is 30.8 Å². The summed E-state index contributed by atoms with van der Waals surface area (Å²) in [5, 5.41) is 12.2. The zero-order valence-electron chi connectivity index (χ0n) is 15.8. The van der Waals surface area contributed by atoms with E-state index in [0.717, 1.165) is 12.8 Å². The molecule has 3 rings (SSSR count). The zero-order valence-corrected chi connectivity index (χ0v) is 15.8. The van der Waals surface area contributed by atoms with Crippen LogP contribution in [0.1, 0.15) is 19.3 Å². The van der Waals surface area contributed by atoms with E-state index in [1.807, 2.05) is 12.1 Å². The van der Waals surface area contributed by atoms with E-state index in [4.69, 9.17) is 9.47 Å². The molecule has 0 bridgehead atoms. The number of carbonyl (C=O) groups excluding carboxylic acids is 2. The maximum atomic E-state index is 12.6. The number of benzene rings is 2. The Kier molecular flexibility index (Phi) is 6.37. The van der Waals surface area contributed by atoms with Crippen LogP contribution in [0.5, 0.6) is 17.2 Å². The molecule has 28 heavy (non-hydrogen) atoms. The summed E-state index contributed by atoms with van der Waals surface area (Å²) < 4.78 is 10.8. The highest BCUT2D eigenvalue weighted by Gasteiger charge is 2.32. The number of hydrogen-bond acceptors (Lipinski definition) is 5. The topological polar surface area (TPSA) is 88.1 Å². The third-order valence-corrected chi connectivity index (χ3v) is 4.44. The molecule has 148 valence electrons. The number of anilines is 1. The number of methoxy groups -OCH3 is 1. The van der Waals surface area contributed by atoms with Crippen molar-refractivity contribution in [3.05, 3.63) is 48.5 Å². The van der Waals surface area contributed by atoms with Gasteiger partial charge in [-0.3, -0.25) is 9.59 Å². The molecule has 0 unspecified atom stereocenters. The van der Waals surface area contributed by atoms with Crippen LogP contribution in [0.3, 0.4) is 0 Å². The third kappa shape index (κ3) is 5.39. The van der Waals surface area contributed by atoms with E-state index in [9.17, 15) is 14.7 Å². The average molecular weight is 384 g/mol. The molecule has 0 saturated heterocycles. The Labute approximate surface area is 163 Å². The second kappa shape index (κ2) is 9.12. The zero-order chi connectivity index (χ0) is 19.9. The number of phenols is 1. The van der Waals surface area contributed by atoms with Gasteiger partial charge < -0.3 is 24.8 Å². The predicted octanol–water partition coefficient (Wildman–Crippen LogP) is 2.80. The molecule has 0 atom stereocenters. The monoisotopic (exact) mass is 384 g/mol. The number of amides is 2. The first kappa shape index (κ1) is 19.5. The lowest BCUT2D eigenvalue weighted by atomic mass is 10.2. The molecule has 1 aliphatic carbocycles. The molecule has 0 aromatic heterocycles. The number of nitrogens with one attached hydrogen (secondary N) is 1. The van der Waals surface area contributed by atoms with Crippen LogP contribution >= 0.6 is 0 Å². The highest BCUT2D eigenvalue weighted by molar-refractivity contribution is 5.91. The maximum absolute atomic E-state index is 12.6. The van der Waals surface area contributed by atoms with Crippen LogP contribution < -0.4 is 14.8 Å². The van der Waals surface area contributed by atoms with Gasteiger partial charge in [0.2, 0.25) is 5.91 Å². The standard InChI is InChI=1S/C21H24N2O5/c1-27-18-7-2-3-8-19(18)28-14-21(26)23(16-9-10-16)12-11-20(25)22-15-5-4-6-17(24)13-15/h2-8,13,16,24H,9-12,14H2,1H3,(H,22,25). The van der Waals surface area contributed by atoms with Gasteiger partial charge in [0.15, 0.2) is 18.1 Å². The van der Waals surface area contributed by atoms with E-state index in [0.29, 0.717) is 23.7 Å². The highest BCUT2D eigenvalue weighted by atomic mass is 16.5. The number of carbonyl (C=O) groups is 2. The fourth-order valence-corrected chi connectivity index (χ4v) is 2.89. The van der Waals surface area contributed by atoms with Gasteiger partial charge in [0.05, 0.1) is 7.11 Å². The van der Waals surface area contributed by atoms with Crippen molar-refractivity contribution >= 4 is 17.5 Å². The van der Waals surface area contributed by atoms with E-state index >= 15 is 0 Å². The summed E-state index contributed by atoms with van der Waals surface area (Å²) in [5.41, 5.74) is 0.522. The van der Waals surface area contributed by atoms with Crippen LogP contribution in [-0.2, 0) is 9.59 Å². The Morgan fingerprint density at radius 1 is 1.14 bits per heavy atom. The second-order valence-corrected chi connectivity index (χ2v) is 6.61. The van der Waals surface area contributed by atoms with Gasteiger partial charge in [0.1, 0.15) is 5.75 Å². The van der Waals surface area contributed by atoms with Crippen LogP contribution in [0.2, 0.25) is 0 Å². The highest BCUT2D eigenvalue weighted by Crippen LogP contribution is 2.29. The van der Waals surface area contributed by atoms with E-state index < -0.39 is 0 Å². The Balaban J connectivity index is 1.51. The van der Waals surface area contributed by atoms with Crippen molar-refractivity contribution < 1.29 is 24.2 Å². The minimum absolute atomic E-state index is 0.0843. The maximum Gasteiger partial charge on any atom is 0.260 e.